The minimum Gasteiger partial charge on any atom is -0.493 e. The molecule has 3 rings (SSSR count). The van der Waals surface area contributed by atoms with E-state index in [4.69, 9.17) is 9.47 Å². The number of piperidine rings is 1. The topological polar surface area (TPSA) is 55.4 Å². The maximum absolute atomic E-state index is 5.51. The molecule has 1 saturated heterocycles. The van der Waals surface area contributed by atoms with E-state index in [-0.39, 0.29) is 0 Å². The monoisotopic (exact) mass is 329 g/mol. The van der Waals surface area contributed by atoms with Gasteiger partial charge in [-0.3, -0.25) is 4.98 Å². The highest BCUT2D eigenvalue weighted by atomic mass is 16.5. The summed E-state index contributed by atoms with van der Waals surface area (Å²) in [6, 6.07) is 6.59. The molecule has 0 aliphatic carbocycles. The lowest BCUT2D eigenvalue weighted by atomic mass is 10.0. The highest BCUT2D eigenvalue weighted by Gasteiger charge is 2.15. The Kier molecular flexibility index (Phi) is 5.75. The van der Waals surface area contributed by atoms with E-state index in [2.05, 4.69) is 15.6 Å². The van der Waals surface area contributed by atoms with Crippen LogP contribution in [0.5, 0.6) is 11.5 Å². The van der Waals surface area contributed by atoms with E-state index in [1.807, 2.05) is 24.4 Å². The van der Waals surface area contributed by atoms with Gasteiger partial charge in [-0.25, -0.2) is 0 Å². The van der Waals surface area contributed by atoms with Crippen molar-refractivity contribution in [1.82, 2.24) is 10.3 Å². The molecule has 1 fully saturated rings. The van der Waals surface area contributed by atoms with Crippen molar-refractivity contribution in [3.8, 4) is 11.5 Å². The molecule has 2 aromatic rings. The van der Waals surface area contributed by atoms with Gasteiger partial charge < -0.3 is 20.1 Å². The van der Waals surface area contributed by atoms with Crippen LogP contribution in [0.2, 0.25) is 0 Å². The number of fused-ring (bicyclic) bond motifs is 1. The van der Waals surface area contributed by atoms with Gasteiger partial charge in [-0.15, -0.1) is 0 Å². The Morgan fingerprint density at radius 1 is 1.29 bits per heavy atom. The SMILES string of the molecule is COc1cc(NCCCC2CCCCN2)c2ncccc2c1OC. The number of anilines is 1. The van der Waals surface area contributed by atoms with Gasteiger partial charge >= 0.3 is 0 Å². The van der Waals surface area contributed by atoms with Crippen LogP contribution < -0.4 is 20.1 Å². The van der Waals surface area contributed by atoms with Crippen molar-refractivity contribution in [2.75, 3.05) is 32.6 Å². The third-order valence-corrected chi connectivity index (χ3v) is 4.69. The second-order valence-corrected chi connectivity index (χ2v) is 6.28. The van der Waals surface area contributed by atoms with E-state index in [0.29, 0.717) is 6.04 Å². The molecule has 1 atom stereocenters. The zero-order valence-corrected chi connectivity index (χ0v) is 14.6. The molecule has 1 aliphatic heterocycles. The van der Waals surface area contributed by atoms with Gasteiger partial charge in [0.1, 0.15) is 0 Å². The van der Waals surface area contributed by atoms with Crippen LogP contribution in [0.25, 0.3) is 10.9 Å². The fraction of sp³-hybridized carbons (Fsp3) is 0.526. The molecule has 0 radical (unpaired) electrons. The Morgan fingerprint density at radius 3 is 2.96 bits per heavy atom. The van der Waals surface area contributed by atoms with Crippen LogP contribution in [0.15, 0.2) is 24.4 Å². The summed E-state index contributed by atoms with van der Waals surface area (Å²) in [5.74, 6) is 1.46. The first kappa shape index (κ1) is 16.8. The number of aromatic nitrogens is 1. The Morgan fingerprint density at radius 2 is 2.21 bits per heavy atom. The van der Waals surface area contributed by atoms with Gasteiger partial charge in [0.2, 0.25) is 0 Å². The lowest BCUT2D eigenvalue weighted by Gasteiger charge is -2.23. The maximum atomic E-state index is 5.51. The van der Waals surface area contributed by atoms with Crippen LogP contribution in [-0.2, 0) is 0 Å². The van der Waals surface area contributed by atoms with Gasteiger partial charge in [0.05, 0.1) is 25.4 Å². The highest BCUT2D eigenvalue weighted by Crippen LogP contribution is 2.39. The first-order chi connectivity index (χ1) is 11.8. The number of benzene rings is 1. The summed E-state index contributed by atoms with van der Waals surface area (Å²) < 4.78 is 11.0. The third kappa shape index (κ3) is 3.73. The molecule has 1 aliphatic rings. The molecule has 1 aromatic carbocycles. The van der Waals surface area contributed by atoms with E-state index in [9.17, 15) is 0 Å². The summed E-state index contributed by atoms with van der Waals surface area (Å²) in [5, 5.41) is 8.10. The Balaban J connectivity index is 1.69. The van der Waals surface area contributed by atoms with E-state index < -0.39 is 0 Å². The zero-order chi connectivity index (χ0) is 16.8. The lowest BCUT2D eigenvalue weighted by Crippen LogP contribution is -2.34. The van der Waals surface area contributed by atoms with Crippen molar-refractivity contribution in [2.45, 2.75) is 38.1 Å². The first-order valence-corrected chi connectivity index (χ1v) is 8.80. The number of nitrogens with one attached hydrogen (secondary N) is 2. The minimum absolute atomic E-state index is 0.681. The number of ether oxygens (including phenoxy) is 2. The third-order valence-electron chi connectivity index (χ3n) is 4.69. The molecule has 1 aromatic heterocycles. The standard InChI is InChI=1S/C19H27N3O2/c1-23-17-13-16(18-15(19(17)24-2)9-6-12-22-18)21-11-5-8-14-7-3-4-10-20-14/h6,9,12-14,20-21H,3-5,7-8,10-11H2,1-2H3. The van der Waals surface area contributed by atoms with Gasteiger partial charge in [0.25, 0.3) is 0 Å². The maximum Gasteiger partial charge on any atom is 0.170 e. The van der Waals surface area contributed by atoms with Crippen molar-refractivity contribution in [3.05, 3.63) is 24.4 Å². The van der Waals surface area contributed by atoms with Gasteiger partial charge in [-0.1, -0.05) is 6.42 Å². The molecule has 0 spiro atoms. The highest BCUT2D eigenvalue weighted by molar-refractivity contribution is 5.97. The molecule has 2 heterocycles. The van der Waals surface area contributed by atoms with E-state index in [1.165, 1.54) is 32.2 Å². The van der Waals surface area contributed by atoms with E-state index in [1.54, 1.807) is 14.2 Å². The van der Waals surface area contributed by atoms with Crippen molar-refractivity contribution in [3.63, 3.8) is 0 Å². The number of rotatable bonds is 7. The van der Waals surface area contributed by atoms with Crippen LogP contribution in [0.3, 0.4) is 0 Å². The molecule has 5 nitrogen and oxygen atoms in total. The second kappa shape index (κ2) is 8.20. The van der Waals surface area contributed by atoms with E-state index in [0.717, 1.165) is 41.1 Å². The van der Waals surface area contributed by atoms with Gasteiger partial charge in [0, 0.05) is 30.2 Å². The van der Waals surface area contributed by atoms with Crippen molar-refractivity contribution >= 4 is 16.6 Å². The summed E-state index contributed by atoms with van der Waals surface area (Å²) in [6.07, 6.45) is 8.14. The molecule has 0 saturated carbocycles. The molecular weight excluding hydrogens is 302 g/mol. The quantitative estimate of drug-likeness (QED) is 0.760. The molecule has 2 N–H and O–H groups in total. The molecule has 0 amide bonds. The number of hydrogen-bond donors (Lipinski definition) is 2. The van der Waals surface area contributed by atoms with Crippen LogP contribution in [0, 0.1) is 0 Å². The summed E-state index contributed by atoms with van der Waals surface area (Å²) >= 11 is 0. The van der Waals surface area contributed by atoms with Crippen molar-refractivity contribution < 1.29 is 9.47 Å². The van der Waals surface area contributed by atoms with Crippen molar-refractivity contribution in [1.29, 1.82) is 0 Å². The molecule has 0 bridgehead atoms. The average molecular weight is 329 g/mol. The van der Waals surface area contributed by atoms with E-state index >= 15 is 0 Å². The molecule has 130 valence electrons. The zero-order valence-electron chi connectivity index (χ0n) is 14.6. The molecule has 1 unspecified atom stereocenters. The van der Waals surface area contributed by atoms with Crippen LogP contribution in [-0.4, -0.2) is 38.3 Å². The lowest BCUT2D eigenvalue weighted by molar-refractivity contribution is 0.358. The molecule has 24 heavy (non-hydrogen) atoms. The number of hydrogen-bond acceptors (Lipinski definition) is 5. The average Bonchev–Trinajstić information content (AvgIpc) is 2.65. The fourth-order valence-electron chi connectivity index (χ4n) is 3.44. The Hall–Kier alpha value is -2.01. The summed E-state index contributed by atoms with van der Waals surface area (Å²) in [7, 11) is 3.33. The van der Waals surface area contributed by atoms with Crippen molar-refractivity contribution in [2.24, 2.45) is 0 Å². The normalized spacial score (nSPS) is 17.7. The summed E-state index contributed by atoms with van der Waals surface area (Å²) in [5.41, 5.74) is 1.92. The first-order valence-electron chi connectivity index (χ1n) is 8.80. The van der Waals surface area contributed by atoms with Gasteiger partial charge in [0.15, 0.2) is 11.5 Å². The number of pyridine rings is 1. The fourth-order valence-corrected chi connectivity index (χ4v) is 3.44. The summed E-state index contributed by atoms with van der Waals surface area (Å²) in [6.45, 7) is 2.10. The van der Waals surface area contributed by atoms with Gasteiger partial charge in [-0.05, 0) is 44.4 Å². The largest absolute Gasteiger partial charge is 0.493 e. The van der Waals surface area contributed by atoms with Gasteiger partial charge in [-0.2, -0.15) is 0 Å². The minimum atomic E-state index is 0.681. The van der Waals surface area contributed by atoms with Crippen LogP contribution in [0.1, 0.15) is 32.1 Å². The molecule has 5 heteroatoms. The van der Waals surface area contributed by atoms with Crippen LogP contribution >= 0.6 is 0 Å². The smallest absolute Gasteiger partial charge is 0.170 e. The molecular formula is C19H27N3O2. The predicted octanol–water partition coefficient (Wildman–Crippen LogP) is 3.59. The Bertz CT molecular complexity index is 669. The second-order valence-electron chi connectivity index (χ2n) is 6.28. The number of methoxy groups -OCH3 is 2. The number of nitrogens with zero attached hydrogens (tertiary/aromatic N) is 1. The Labute approximate surface area is 143 Å². The predicted molar refractivity (Wildman–Crippen MR) is 98.2 cm³/mol. The summed E-state index contributed by atoms with van der Waals surface area (Å²) in [4.78, 5) is 4.52. The van der Waals surface area contributed by atoms with Crippen LogP contribution in [0.4, 0.5) is 5.69 Å².